The zero-order valence-electron chi connectivity index (χ0n) is 17.0. The number of ether oxygens (including phenoxy) is 2. The summed E-state index contributed by atoms with van der Waals surface area (Å²) in [6.07, 6.45) is 0.494. The molecule has 0 aliphatic carbocycles. The summed E-state index contributed by atoms with van der Waals surface area (Å²) in [5, 5.41) is 3.42. The predicted octanol–water partition coefficient (Wildman–Crippen LogP) is 3.67. The van der Waals surface area contributed by atoms with Crippen LogP contribution in [0.1, 0.15) is 25.8 Å². The Balaban J connectivity index is 2.15. The Morgan fingerprint density at radius 1 is 1.03 bits per heavy atom. The van der Waals surface area contributed by atoms with Crippen LogP contribution < -0.4 is 14.8 Å². The van der Waals surface area contributed by atoms with Crippen molar-refractivity contribution in [3.05, 3.63) is 59.1 Å². The molecule has 7 heteroatoms. The molecular weight excluding hydrogens is 392 g/mol. The van der Waals surface area contributed by atoms with Crippen LogP contribution in [0.3, 0.4) is 0 Å². The number of methoxy groups -OCH3 is 1. The highest BCUT2D eigenvalue weighted by Gasteiger charge is 2.28. The van der Waals surface area contributed by atoms with E-state index in [1.165, 1.54) is 0 Å². The molecule has 0 aromatic heterocycles. The second kappa shape index (κ2) is 11.3. The van der Waals surface area contributed by atoms with E-state index in [4.69, 9.17) is 21.1 Å². The van der Waals surface area contributed by atoms with Gasteiger partial charge in [0, 0.05) is 18.1 Å². The molecule has 0 saturated carbocycles. The van der Waals surface area contributed by atoms with Crippen molar-refractivity contribution < 1.29 is 19.1 Å². The Morgan fingerprint density at radius 3 is 2.21 bits per heavy atom. The van der Waals surface area contributed by atoms with Gasteiger partial charge in [-0.3, -0.25) is 9.59 Å². The average molecular weight is 419 g/mol. The van der Waals surface area contributed by atoms with Crippen molar-refractivity contribution in [2.75, 3.05) is 20.3 Å². The molecule has 0 bridgehead atoms. The number of benzene rings is 2. The van der Waals surface area contributed by atoms with Crippen LogP contribution in [0.15, 0.2) is 48.5 Å². The van der Waals surface area contributed by atoms with E-state index >= 15 is 0 Å². The van der Waals surface area contributed by atoms with E-state index in [0.717, 1.165) is 5.56 Å². The van der Waals surface area contributed by atoms with Crippen molar-refractivity contribution in [2.24, 2.45) is 0 Å². The maximum absolute atomic E-state index is 13.0. The first-order valence-corrected chi connectivity index (χ1v) is 9.94. The van der Waals surface area contributed by atoms with Crippen LogP contribution >= 0.6 is 11.6 Å². The topological polar surface area (TPSA) is 67.9 Å². The number of nitrogens with one attached hydrogen (secondary N) is 1. The van der Waals surface area contributed by atoms with Gasteiger partial charge in [0.2, 0.25) is 5.91 Å². The van der Waals surface area contributed by atoms with Crippen LogP contribution in [0.25, 0.3) is 0 Å². The van der Waals surface area contributed by atoms with Gasteiger partial charge < -0.3 is 19.7 Å². The van der Waals surface area contributed by atoms with Gasteiger partial charge in [-0.15, -0.1) is 0 Å². The lowest BCUT2D eigenvalue weighted by atomic mass is 10.1. The highest BCUT2D eigenvalue weighted by Crippen LogP contribution is 2.18. The van der Waals surface area contributed by atoms with E-state index in [0.29, 0.717) is 29.5 Å². The normalized spacial score (nSPS) is 11.4. The quantitative estimate of drug-likeness (QED) is 0.639. The minimum atomic E-state index is -0.586. The molecule has 29 heavy (non-hydrogen) atoms. The van der Waals surface area contributed by atoms with Crippen LogP contribution in [0.4, 0.5) is 0 Å². The van der Waals surface area contributed by atoms with E-state index in [1.807, 2.05) is 26.0 Å². The summed E-state index contributed by atoms with van der Waals surface area (Å²) in [6.45, 7) is 4.35. The number of carbonyl (C=O) groups is 2. The number of carbonyl (C=O) groups excluding carboxylic acids is 2. The molecule has 1 atom stereocenters. The first-order valence-electron chi connectivity index (χ1n) is 9.56. The Bertz CT molecular complexity index is 793. The Kier molecular flexibility index (Phi) is 8.80. The molecular formula is C22H27ClN2O4. The second-order valence-electron chi connectivity index (χ2n) is 6.43. The molecule has 2 rings (SSSR count). The third kappa shape index (κ3) is 6.68. The molecule has 156 valence electrons. The van der Waals surface area contributed by atoms with Crippen molar-refractivity contribution >= 4 is 23.4 Å². The number of nitrogens with zero attached hydrogens (tertiary/aromatic N) is 1. The summed E-state index contributed by atoms with van der Waals surface area (Å²) in [6, 6.07) is 13.6. The number of hydrogen-bond donors (Lipinski definition) is 1. The number of hydrogen-bond acceptors (Lipinski definition) is 4. The van der Waals surface area contributed by atoms with Gasteiger partial charge >= 0.3 is 0 Å². The SMILES string of the molecule is CCNC(=O)C(CC)N(Cc1ccc(Cl)cc1)C(=O)COc1ccc(OC)cc1. The van der Waals surface area contributed by atoms with Crippen LogP contribution in [-0.4, -0.2) is 43.0 Å². The zero-order valence-corrected chi connectivity index (χ0v) is 17.7. The van der Waals surface area contributed by atoms with Gasteiger partial charge in [0.1, 0.15) is 17.5 Å². The molecule has 1 N–H and O–H groups in total. The summed E-state index contributed by atoms with van der Waals surface area (Å²) in [7, 11) is 1.58. The third-order valence-corrected chi connectivity index (χ3v) is 4.68. The van der Waals surface area contributed by atoms with Crippen molar-refractivity contribution in [1.29, 1.82) is 0 Å². The molecule has 0 spiro atoms. The first kappa shape index (κ1) is 22.6. The monoisotopic (exact) mass is 418 g/mol. The minimum Gasteiger partial charge on any atom is -0.497 e. The predicted molar refractivity (Wildman–Crippen MR) is 113 cm³/mol. The molecule has 2 aromatic carbocycles. The zero-order chi connectivity index (χ0) is 21.2. The molecule has 0 saturated heterocycles. The van der Waals surface area contributed by atoms with Gasteiger partial charge in [-0.25, -0.2) is 0 Å². The number of halogens is 1. The molecule has 0 aliphatic rings. The Labute approximate surface area is 176 Å². The van der Waals surface area contributed by atoms with Crippen LogP contribution in [-0.2, 0) is 16.1 Å². The van der Waals surface area contributed by atoms with Crippen molar-refractivity contribution in [2.45, 2.75) is 32.9 Å². The van der Waals surface area contributed by atoms with Gasteiger partial charge in [0.05, 0.1) is 7.11 Å². The molecule has 0 aliphatic heterocycles. The fourth-order valence-electron chi connectivity index (χ4n) is 2.90. The fraction of sp³-hybridized carbons (Fsp3) is 0.364. The summed E-state index contributed by atoms with van der Waals surface area (Å²) < 4.78 is 10.8. The van der Waals surface area contributed by atoms with E-state index in [-0.39, 0.29) is 25.0 Å². The standard InChI is InChI=1S/C22H27ClN2O4/c1-4-20(22(27)24-5-2)25(14-16-6-8-17(23)9-7-16)21(26)15-29-19-12-10-18(28-3)11-13-19/h6-13,20H,4-5,14-15H2,1-3H3,(H,24,27). The maximum Gasteiger partial charge on any atom is 0.261 e. The fourth-order valence-corrected chi connectivity index (χ4v) is 3.02. The number of likely N-dealkylation sites (N-methyl/N-ethyl adjacent to an activating group) is 1. The number of rotatable bonds is 10. The molecule has 1 unspecified atom stereocenters. The first-order chi connectivity index (χ1) is 14.0. The minimum absolute atomic E-state index is 0.171. The molecule has 0 radical (unpaired) electrons. The summed E-state index contributed by atoms with van der Waals surface area (Å²) in [5.41, 5.74) is 0.884. The molecule has 0 heterocycles. The summed E-state index contributed by atoms with van der Waals surface area (Å²) >= 11 is 5.96. The average Bonchev–Trinajstić information content (AvgIpc) is 2.73. The van der Waals surface area contributed by atoms with E-state index in [9.17, 15) is 9.59 Å². The highest BCUT2D eigenvalue weighted by molar-refractivity contribution is 6.30. The smallest absolute Gasteiger partial charge is 0.261 e. The van der Waals surface area contributed by atoms with Crippen LogP contribution in [0.2, 0.25) is 5.02 Å². The lowest BCUT2D eigenvalue weighted by Gasteiger charge is -2.30. The van der Waals surface area contributed by atoms with Gasteiger partial charge in [0.15, 0.2) is 6.61 Å². The molecule has 2 aromatic rings. The highest BCUT2D eigenvalue weighted by atomic mass is 35.5. The van der Waals surface area contributed by atoms with Crippen LogP contribution in [0, 0.1) is 0 Å². The van der Waals surface area contributed by atoms with Gasteiger partial charge in [-0.1, -0.05) is 30.7 Å². The van der Waals surface area contributed by atoms with E-state index < -0.39 is 6.04 Å². The van der Waals surface area contributed by atoms with Gasteiger partial charge in [-0.2, -0.15) is 0 Å². The van der Waals surface area contributed by atoms with Crippen molar-refractivity contribution in [3.63, 3.8) is 0 Å². The van der Waals surface area contributed by atoms with Gasteiger partial charge in [-0.05, 0) is 55.3 Å². The lowest BCUT2D eigenvalue weighted by molar-refractivity contribution is -0.142. The molecule has 2 amide bonds. The summed E-state index contributed by atoms with van der Waals surface area (Å²) in [4.78, 5) is 27.1. The van der Waals surface area contributed by atoms with E-state index in [2.05, 4.69) is 5.32 Å². The lowest BCUT2D eigenvalue weighted by Crippen LogP contribution is -2.50. The number of amides is 2. The Morgan fingerprint density at radius 2 is 1.66 bits per heavy atom. The second-order valence-corrected chi connectivity index (χ2v) is 6.87. The molecule has 6 nitrogen and oxygen atoms in total. The van der Waals surface area contributed by atoms with E-state index in [1.54, 1.807) is 48.4 Å². The van der Waals surface area contributed by atoms with Crippen molar-refractivity contribution in [3.8, 4) is 11.5 Å². The third-order valence-electron chi connectivity index (χ3n) is 4.42. The van der Waals surface area contributed by atoms with Crippen LogP contribution in [0.5, 0.6) is 11.5 Å². The Hall–Kier alpha value is -2.73. The van der Waals surface area contributed by atoms with Crippen molar-refractivity contribution in [1.82, 2.24) is 10.2 Å². The molecule has 0 fully saturated rings. The van der Waals surface area contributed by atoms with Gasteiger partial charge in [0.25, 0.3) is 5.91 Å². The summed E-state index contributed by atoms with van der Waals surface area (Å²) in [5.74, 6) is 0.808. The largest absolute Gasteiger partial charge is 0.497 e. The maximum atomic E-state index is 13.0.